The molecule has 0 radical (unpaired) electrons. The maximum Gasteiger partial charge on any atom is 0.337 e. The standard InChI is InChI=1S/C19H16N2O3/c1-13-4-3-5-17(10-13)21-18(22)16(12-20)11-14-6-8-15(9-7-14)19(23)24-2/h3-11H,1-2H3,(H,21,22)/b16-11+. The van der Waals surface area contributed by atoms with Crippen LogP contribution in [-0.2, 0) is 9.53 Å². The Morgan fingerprint density at radius 1 is 1.17 bits per heavy atom. The first kappa shape index (κ1) is 17.0. The number of rotatable bonds is 4. The quantitative estimate of drug-likeness (QED) is 0.532. The van der Waals surface area contributed by atoms with E-state index in [1.54, 1.807) is 30.3 Å². The van der Waals surface area contributed by atoms with Crippen LogP contribution in [0, 0.1) is 18.3 Å². The van der Waals surface area contributed by atoms with E-state index in [2.05, 4.69) is 10.1 Å². The van der Waals surface area contributed by atoms with Crippen molar-refractivity contribution in [3.05, 3.63) is 70.8 Å². The van der Waals surface area contributed by atoms with Crippen LogP contribution in [0.3, 0.4) is 0 Å². The summed E-state index contributed by atoms with van der Waals surface area (Å²) in [7, 11) is 1.31. The smallest absolute Gasteiger partial charge is 0.337 e. The molecule has 0 aliphatic heterocycles. The lowest BCUT2D eigenvalue weighted by Crippen LogP contribution is -2.13. The van der Waals surface area contributed by atoms with Gasteiger partial charge in [0.25, 0.3) is 5.91 Å². The third kappa shape index (κ3) is 4.31. The second kappa shape index (κ2) is 7.75. The minimum Gasteiger partial charge on any atom is -0.465 e. The summed E-state index contributed by atoms with van der Waals surface area (Å²) in [6.07, 6.45) is 1.46. The minimum absolute atomic E-state index is 0.0256. The van der Waals surface area contributed by atoms with E-state index in [9.17, 15) is 14.9 Å². The van der Waals surface area contributed by atoms with Gasteiger partial charge in [0.15, 0.2) is 0 Å². The average Bonchev–Trinajstić information content (AvgIpc) is 2.59. The Morgan fingerprint density at radius 3 is 2.46 bits per heavy atom. The van der Waals surface area contributed by atoms with Crippen molar-refractivity contribution >= 4 is 23.6 Å². The number of aryl methyl sites for hydroxylation is 1. The van der Waals surface area contributed by atoms with E-state index in [-0.39, 0.29) is 5.57 Å². The van der Waals surface area contributed by atoms with Crippen LogP contribution in [0.15, 0.2) is 54.1 Å². The second-order valence-electron chi connectivity index (χ2n) is 5.11. The molecule has 1 N–H and O–H groups in total. The summed E-state index contributed by atoms with van der Waals surface area (Å²) >= 11 is 0. The van der Waals surface area contributed by atoms with Crippen molar-refractivity contribution in [2.75, 3.05) is 12.4 Å². The molecule has 120 valence electrons. The number of esters is 1. The Kier molecular flexibility index (Phi) is 5.48. The van der Waals surface area contributed by atoms with Crippen molar-refractivity contribution in [3.63, 3.8) is 0 Å². The molecule has 2 rings (SSSR count). The Hall–Kier alpha value is -3.39. The molecule has 24 heavy (non-hydrogen) atoms. The van der Waals surface area contributed by atoms with Gasteiger partial charge in [-0.1, -0.05) is 24.3 Å². The number of nitriles is 1. The molecule has 5 nitrogen and oxygen atoms in total. The number of nitrogens with zero attached hydrogens (tertiary/aromatic N) is 1. The molecule has 0 bridgehead atoms. The SMILES string of the molecule is COC(=O)c1ccc(/C=C(\C#N)C(=O)Nc2cccc(C)c2)cc1. The van der Waals surface area contributed by atoms with Crippen LogP contribution in [-0.4, -0.2) is 19.0 Å². The zero-order valence-electron chi connectivity index (χ0n) is 13.4. The first-order valence-corrected chi connectivity index (χ1v) is 7.21. The first-order valence-electron chi connectivity index (χ1n) is 7.21. The highest BCUT2D eigenvalue weighted by Gasteiger charge is 2.10. The second-order valence-corrected chi connectivity index (χ2v) is 5.11. The normalized spacial score (nSPS) is 10.6. The summed E-state index contributed by atoms with van der Waals surface area (Å²) in [5.74, 6) is -0.927. The number of hydrogen-bond donors (Lipinski definition) is 1. The maximum atomic E-state index is 12.2. The maximum absolute atomic E-state index is 12.2. The van der Waals surface area contributed by atoms with E-state index in [0.717, 1.165) is 5.56 Å². The number of carbonyl (C=O) groups excluding carboxylic acids is 2. The summed E-state index contributed by atoms with van der Waals surface area (Å²) < 4.78 is 4.62. The summed E-state index contributed by atoms with van der Waals surface area (Å²) in [4.78, 5) is 23.6. The van der Waals surface area contributed by atoms with Gasteiger partial charge >= 0.3 is 5.97 Å². The van der Waals surface area contributed by atoms with Crippen LogP contribution in [0.5, 0.6) is 0 Å². The number of benzene rings is 2. The lowest BCUT2D eigenvalue weighted by atomic mass is 10.1. The lowest BCUT2D eigenvalue weighted by Gasteiger charge is -2.05. The number of methoxy groups -OCH3 is 1. The molecular weight excluding hydrogens is 304 g/mol. The van der Waals surface area contributed by atoms with Crippen LogP contribution < -0.4 is 5.32 Å². The van der Waals surface area contributed by atoms with E-state index in [1.807, 2.05) is 31.2 Å². The van der Waals surface area contributed by atoms with Gasteiger partial charge in [-0.15, -0.1) is 0 Å². The van der Waals surface area contributed by atoms with Gasteiger partial charge in [0.1, 0.15) is 11.6 Å². The van der Waals surface area contributed by atoms with E-state index < -0.39 is 11.9 Å². The fourth-order valence-electron chi connectivity index (χ4n) is 2.07. The van der Waals surface area contributed by atoms with Crippen LogP contribution in [0.4, 0.5) is 5.69 Å². The minimum atomic E-state index is -0.486. The molecule has 0 saturated carbocycles. The molecule has 1 amide bonds. The van der Waals surface area contributed by atoms with Crippen molar-refractivity contribution in [1.29, 1.82) is 5.26 Å². The lowest BCUT2D eigenvalue weighted by molar-refractivity contribution is -0.112. The molecule has 0 unspecified atom stereocenters. The molecule has 0 aliphatic rings. The van der Waals surface area contributed by atoms with Gasteiger partial charge in [0.05, 0.1) is 12.7 Å². The predicted molar refractivity (Wildman–Crippen MR) is 91.2 cm³/mol. The Balaban J connectivity index is 2.18. The van der Waals surface area contributed by atoms with Crippen LogP contribution in [0.25, 0.3) is 6.08 Å². The molecule has 0 spiro atoms. The van der Waals surface area contributed by atoms with Gasteiger partial charge in [-0.05, 0) is 48.4 Å². The van der Waals surface area contributed by atoms with Gasteiger partial charge in [-0.3, -0.25) is 4.79 Å². The number of amides is 1. The van der Waals surface area contributed by atoms with Crippen molar-refractivity contribution in [1.82, 2.24) is 0 Å². The molecular formula is C19H16N2O3. The molecule has 0 aromatic heterocycles. The molecule has 0 heterocycles. The predicted octanol–water partition coefficient (Wildman–Crippen LogP) is 3.33. The molecule has 0 fully saturated rings. The zero-order chi connectivity index (χ0) is 17.5. The number of nitrogens with one attached hydrogen (secondary N) is 1. The Bertz CT molecular complexity index is 830. The third-order valence-corrected chi connectivity index (χ3v) is 3.28. The molecule has 0 aliphatic carbocycles. The summed E-state index contributed by atoms with van der Waals surface area (Å²) in [5.41, 5.74) is 2.65. The average molecular weight is 320 g/mol. The highest BCUT2D eigenvalue weighted by Crippen LogP contribution is 2.13. The van der Waals surface area contributed by atoms with Crippen molar-refractivity contribution in [2.45, 2.75) is 6.92 Å². The third-order valence-electron chi connectivity index (χ3n) is 3.28. The molecule has 2 aromatic carbocycles. The topological polar surface area (TPSA) is 79.2 Å². The van der Waals surface area contributed by atoms with E-state index in [1.165, 1.54) is 13.2 Å². The van der Waals surface area contributed by atoms with Gasteiger partial charge in [-0.25, -0.2) is 4.79 Å². The van der Waals surface area contributed by atoms with Gasteiger partial charge in [0, 0.05) is 5.69 Å². The summed E-state index contributed by atoms with van der Waals surface area (Å²) in [5, 5.41) is 11.9. The highest BCUT2D eigenvalue weighted by atomic mass is 16.5. The largest absolute Gasteiger partial charge is 0.465 e. The van der Waals surface area contributed by atoms with Gasteiger partial charge in [0.2, 0.25) is 0 Å². The van der Waals surface area contributed by atoms with E-state index in [4.69, 9.17) is 0 Å². The van der Waals surface area contributed by atoms with Crippen LogP contribution in [0.1, 0.15) is 21.5 Å². The number of carbonyl (C=O) groups is 2. The van der Waals surface area contributed by atoms with Gasteiger partial charge in [-0.2, -0.15) is 5.26 Å². The van der Waals surface area contributed by atoms with Crippen molar-refractivity contribution in [3.8, 4) is 6.07 Å². The fraction of sp³-hybridized carbons (Fsp3) is 0.105. The fourth-order valence-corrected chi connectivity index (χ4v) is 2.07. The highest BCUT2D eigenvalue weighted by molar-refractivity contribution is 6.09. The van der Waals surface area contributed by atoms with Crippen molar-refractivity contribution < 1.29 is 14.3 Å². The molecule has 0 atom stereocenters. The van der Waals surface area contributed by atoms with Crippen molar-refractivity contribution in [2.24, 2.45) is 0 Å². The molecule has 0 saturated heterocycles. The Labute approximate surface area is 140 Å². The summed E-state index contributed by atoms with van der Waals surface area (Å²) in [6.45, 7) is 1.92. The number of ether oxygens (including phenoxy) is 1. The van der Waals surface area contributed by atoms with Crippen LogP contribution in [0.2, 0.25) is 0 Å². The molecule has 5 heteroatoms. The zero-order valence-corrected chi connectivity index (χ0v) is 13.4. The van der Waals surface area contributed by atoms with E-state index >= 15 is 0 Å². The Morgan fingerprint density at radius 2 is 1.88 bits per heavy atom. The first-order chi connectivity index (χ1) is 11.5. The number of anilines is 1. The number of hydrogen-bond acceptors (Lipinski definition) is 4. The van der Waals surface area contributed by atoms with E-state index in [0.29, 0.717) is 16.8 Å². The molecule has 2 aromatic rings. The monoisotopic (exact) mass is 320 g/mol. The van der Waals surface area contributed by atoms with Gasteiger partial charge < -0.3 is 10.1 Å². The van der Waals surface area contributed by atoms with Crippen LogP contribution >= 0.6 is 0 Å². The summed E-state index contributed by atoms with van der Waals surface area (Å²) in [6, 6.07) is 15.6.